The Bertz CT molecular complexity index is 762. The molecule has 1 aliphatic heterocycles. The average molecular weight is 346 g/mol. The number of rotatable bonds is 2. The van der Waals surface area contributed by atoms with Crippen LogP contribution in [0.3, 0.4) is 0 Å². The molecule has 0 unspecified atom stereocenters. The van der Waals surface area contributed by atoms with Crippen molar-refractivity contribution in [2.75, 3.05) is 13.1 Å². The molecular weight excluding hydrogens is 324 g/mol. The van der Waals surface area contributed by atoms with Crippen molar-refractivity contribution in [1.29, 1.82) is 0 Å². The van der Waals surface area contributed by atoms with Crippen LogP contribution in [-0.2, 0) is 5.41 Å². The Morgan fingerprint density at radius 3 is 2.54 bits per heavy atom. The molecule has 6 nitrogen and oxygen atoms in total. The van der Waals surface area contributed by atoms with E-state index in [1.165, 1.54) is 17.1 Å². The van der Waals surface area contributed by atoms with Crippen LogP contribution in [0.5, 0.6) is 0 Å². The lowest BCUT2D eigenvalue weighted by molar-refractivity contribution is 0.0705. The van der Waals surface area contributed by atoms with Gasteiger partial charge in [-0.1, -0.05) is 20.8 Å². The van der Waals surface area contributed by atoms with Crippen molar-refractivity contribution in [3.63, 3.8) is 0 Å². The van der Waals surface area contributed by atoms with Crippen molar-refractivity contribution < 1.29 is 4.79 Å². The van der Waals surface area contributed by atoms with Crippen LogP contribution in [0.2, 0.25) is 0 Å². The molecular formula is C17H22N4O2S. The molecule has 128 valence electrons. The third-order valence-electron chi connectivity index (χ3n) is 4.32. The van der Waals surface area contributed by atoms with Crippen molar-refractivity contribution in [3.8, 4) is 0 Å². The molecule has 24 heavy (non-hydrogen) atoms. The molecule has 7 heteroatoms. The number of aromatic nitrogens is 3. The van der Waals surface area contributed by atoms with E-state index in [1.54, 1.807) is 16.2 Å². The minimum Gasteiger partial charge on any atom is -0.337 e. The van der Waals surface area contributed by atoms with Gasteiger partial charge >= 0.3 is 0 Å². The Morgan fingerprint density at radius 1 is 1.29 bits per heavy atom. The van der Waals surface area contributed by atoms with Crippen molar-refractivity contribution in [3.05, 3.63) is 44.3 Å². The summed E-state index contributed by atoms with van der Waals surface area (Å²) in [6, 6.07) is 2.81. The predicted octanol–water partition coefficient (Wildman–Crippen LogP) is 2.54. The summed E-state index contributed by atoms with van der Waals surface area (Å²) in [5, 5.41) is 9.46. The van der Waals surface area contributed by atoms with E-state index in [0.717, 1.165) is 18.5 Å². The molecule has 0 aromatic carbocycles. The first-order valence-electron chi connectivity index (χ1n) is 8.15. The number of thiazole rings is 1. The molecule has 0 bridgehead atoms. The van der Waals surface area contributed by atoms with Gasteiger partial charge < -0.3 is 4.90 Å². The van der Waals surface area contributed by atoms with Crippen LogP contribution in [0.1, 0.15) is 60.7 Å². The van der Waals surface area contributed by atoms with Gasteiger partial charge in [-0.3, -0.25) is 9.59 Å². The highest BCUT2D eigenvalue weighted by Gasteiger charge is 2.28. The number of amides is 1. The quantitative estimate of drug-likeness (QED) is 0.906. The Kier molecular flexibility index (Phi) is 4.54. The fourth-order valence-corrected chi connectivity index (χ4v) is 3.99. The SMILES string of the molecule is CC(C)(C)c1csc(C2CCN(C(=O)c3ccc(=O)[nH]n3)CC2)n1. The third kappa shape index (κ3) is 3.56. The lowest BCUT2D eigenvalue weighted by Gasteiger charge is -2.30. The van der Waals surface area contributed by atoms with E-state index >= 15 is 0 Å². The summed E-state index contributed by atoms with van der Waals surface area (Å²) in [5.74, 6) is 0.290. The number of carbonyl (C=O) groups excluding carboxylic acids is 1. The summed E-state index contributed by atoms with van der Waals surface area (Å²) in [5.41, 5.74) is 1.20. The first kappa shape index (κ1) is 16.8. The Hall–Kier alpha value is -2.02. The van der Waals surface area contributed by atoms with Gasteiger partial charge in [0.2, 0.25) is 0 Å². The van der Waals surface area contributed by atoms with Crippen LogP contribution in [0.4, 0.5) is 0 Å². The Balaban J connectivity index is 1.63. The summed E-state index contributed by atoms with van der Waals surface area (Å²) < 4.78 is 0. The number of nitrogens with one attached hydrogen (secondary N) is 1. The molecule has 3 rings (SSSR count). The highest BCUT2D eigenvalue weighted by atomic mass is 32.1. The van der Waals surface area contributed by atoms with Crippen LogP contribution in [0.15, 0.2) is 22.3 Å². The highest BCUT2D eigenvalue weighted by Crippen LogP contribution is 2.33. The fourth-order valence-electron chi connectivity index (χ4n) is 2.77. The molecule has 1 amide bonds. The number of hydrogen-bond donors (Lipinski definition) is 1. The molecule has 2 aromatic heterocycles. The summed E-state index contributed by atoms with van der Waals surface area (Å²) in [6.45, 7) is 7.89. The van der Waals surface area contributed by atoms with Crippen molar-refractivity contribution in [2.45, 2.75) is 44.9 Å². The van der Waals surface area contributed by atoms with Gasteiger partial charge in [0.1, 0.15) is 5.69 Å². The second-order valence-corrected chi connectivity index (χ2v) is 8.08. The molecule has 0 radical (unpaired) electrons. The van der Waals surface area contributed by atoms with Crippen LogP contribution >= 0.6 is 11.3 Å². The molecule has 0 atom stereocenters. The van der Waals surface area contributed by atoms with Crippen LogP contribution in [0.25, 0.3) is 0 Å². The molecule has 3 heterocycles. The van der Waals surface area contributed by atoms with Gasteiger partial charge in [0.05, 0.1) is 10.7 Å². The number of nitrogens with zero attached hydrogens (tertiary/aromatic N) is 3. The largest absolute Gasteiger partial charge is 0.337 e. The zero-order chi connectivity index (χ0) is 17.3. The van der Waals surface area contributed by atoms with E-state index in [1.807, 2.05) is 0 Å². The van der Waals surface area contributed by atoms with Gasteiger partial charge in [-0.2, -0.15) is 5.10 Å². The zero-order valence-electron chi connectivity index (χ0n) is 14.2. The van der Waals surface area contributed by atoms with Gasteiger partial charge in [0, 0.05) is 35.9 Å². The van der Waals surface area contributed by atoms with E-state index in [-0.39, 0.29) is 22.6 Å². The standard InChI is InChI=1S/C17H22N4O2S/c1-17(2,3)13-10-24-15(18-13)11-6-8-21(9-7-11)16(23)12-4-5-14(22)20-19-12/h4-5,10-11H,6-9H2,1-3H3,(H,20,22). The van der Waals surface area contributed by atoms with Gasteiger partial charge in [-0.25, -0.2) is 10.1 Å². The zero-order valence-corrected chi connectivity index (χ0v) is 15.0. The van der Waals surface area contributed by atoms with Crippen molar-refractivity contribution >= 4 is 17.2 Å². The minimum absolute atomic E-state index is 0.0707. The number of H-pyrrole nitrogens is 1. The Morgan fingerprint density at radius 2 is 2.00 bits per heavy atom. The highest BCUT2D eigenvalue weighted by molar-refractivity contribution is 7.09. The van der Waals surface area contributed by atoms with Crippen LogP contribution < -0.4 is 5.56 Å². The topological polar surface area (TPSA) is 79.0 Å². The molecule has 1 aliphatic rings. The van der Waals surface area contributed by atoms with E-state index in [4.69, 9.17) is 4.98 Å². The van der Waals surface area contributed by atoms with Gasteiger partial charge in [0.15, 0.2) is 0 Å². The van der Waals surface area contributed by atoms with E-state index < -0.39 is 0 Å². The molecule has 0 aliphatic carbocycles. The molecule has 1 N–H and O–H groups in total. The predicted molar refractivity (Wildman–Crippen MR) is 93.6 cm³/mol. The van der Waals surface area contributed by atoms with Gasteiger partial charge in [-0.05, 0) is 18.9 Å². The normalized spacial score (nSPS) is 16.4. The smallest absolute Gasteiger partial charge is 0.274 e. The van der Waals surface area contributed by atoms with Crippen molar-refractivity contribution in [1.82, 2.24) is 20.1 Å². The van der Waals surface area contributed by atoms with Crippen molar-refractivity contribution in [2.24, 2.45) is 0 Å². The number of carbonyl (C=O) groups is 1. The van der Waals surface area contributed by atoms with Crippen LogP contribution in [-0.4, -0.2) is 39.1 Å². The molecule has 2 aromatic rings. The minimum atomic E-state index is -0.302. The van der Waals surface area contributed by atoms with E-state index in [2.05, 4.69) is 36.3 Å². The summed E-state index contributed by atoms with van der Waals surface area (Å²) >= 11 is 1.72. The maximum absolute atomic E-state index is 12.4. The maximum Gasteiger partial charge on any atom is 0.274 e. The second kappa shape index (κ2) is 6.47. The van der Waals surface area contributed by atoms with Crippen LogP contribution in [0, 0.1) is 0 Å². The fraction of sp³-hybridized carbons (Fsp3) is 0.529. The maximum atomic E-state index is 12.4. The Labute approximate surface area is 144 Å². The number of hydrogen-bond acceptors (Lipinski definition) is 5. The molecule has 1 saturated heterocycles. The monoisotopic (exact) mass is 346 g/mol. The second-order valence-electron chi connectivity index (χ2n) is 7.19. The van der Waals surface area contributed by atoms with Gasteiger partial charge in [-0.15, -0.1) is 11.3 Å². The lowest BCUT2D eigenvalue weighted by Crippen LogP contribution is -2.38. The summed E-state index contributed by atoms with van der Waals surface area (Å²) in [6.07, 6.45) is 1.82. The number of aromatic amines is 1. The molecule has 0 spiro atoms. The van der Waals surface area contributed by atoms with E-state index in [0.29, 0.717) is 19.0 Å². The average Bonchev–Trinajstić information content (AvgIpc) is 3.05. The van der Waals surface area contributed by atoms with E-state index in [9.17, 15) is 9.59 Å². The molecule has 0 saturated carbocycles. The summed E-state index contributed by atoms with van der Waals surface area (Å²) in [4.78, 5) is 30.1. The number of likely N-dealkylation sites (tertiary alicyclic amines) is 1. The van der Waals surface area contributed by atoms with Gasteiger partial charge in [0.25, 0.3) is 11.5 Å². The number of piperidine rings is 1. The third-order valence-corrected chi connectivity index (χ3v) is 5.33. The first-order chi connectivity index (χ1) is 11.3. The first-order valence-corrected chi connectivity index (χ1v) is 9.03. The molecule has 1 fully saturated rings. The lowest BCUT2D eigenvalue weighted by atomic mass is 9.93. The summed E-state index contributed by atoms with van der Waals surface area (Å²) in [7, 11) is 0.